The average molecular weight is 229 g/mol. The molecule has 0 saturated heterocycles. The van der Waals surface area contributed by atoms with Gasteiger partial charge in [-0.3, -0.25) is 4.79 Å². The Kier molecular flexibility index (Phi) is 7.65. The SMILES string of the molecule is CC.Cc1ccc(OCC(=O)NP)cc1.[HH]. The van der Waals surface area contributed by atoms with Gasteiger partial charge in [0.05, 0.1) is 0 Å². The maximum absolute atomic E-state index is 10.8. The Morgan fingerprint density at radius 3 is 2.40 bits per heavy atom. The van der Waals surface area contributed by atoms with Gasteiger partial charge in [0.15, 0.2) is 6.61 Å². The van der Waals surface area contributed by atoms with E-state index in [2.05, 4.69) is 14.5 Å². The molecule has 3 nitrogen and oxygen atoms in total. The highest BCUT2D eigenvalue weighted by Crippen LogP contribution is 2.10. The van der Waals surface area contributed by atoms with Gasteiger partial charge in [-0.1, -0.05) is 31.5 Å². The molecule has 4 heteroatoms. The molecule has 1 rings (SSSR count). The van der Waals surface area contributed by atoms with Crippen molar-refractivity contribution < 1.29 is 11.0 Å². The van der Waals surface area contributed by atoms with Crippen LogP contribution in [0.15, 0.2) is 24.3 Å². The van der Waals surface area contributed by atoms with Crippen molar-refractivity contribution in [2.24, 2.45) is 0 Å². The minimum absolute atomic E-state index is 0. The normalized spacial score (nSPS) is 8.53. The Hall–Kier alpha value is -1.08. The molecule has 1 amide bonds. The molecule has 0 saturated carbocycles. The van der Waals surface area contributed by atoms with Crippen LogP contribution in [0.3, 0.4) is 0 Å². The highest BCUT2D eigenvalue weighted by Gasteiger charge is 1.98. The van der Waals surface area contributed by atoms with Gasteiger partial charge in [0.25, 0.3) is 5.91 Å². The Bertz CT molecular complexity index is 291. The largest absolute Gasteiger partial charge is 0.484 e. The topological polar surface area (TPSA) is 38.3 Å². The van der Waals surface area contributed by atoms with Crippen molar-refractivity contribution in [3.8, 4) is 5.75 Å². The van der Waals surface area contributed by atoms with Crippen molar-refractivity contribution in [1.29, 1.82) is 0 Å². The van der Waals surface area contributed by atoms with E-state index < -0.39 is 0 Å². The van der Waals surface area contributed by atoms with E-state index in [0.29, 0.717) is 5.75 Å². The summed E-state index contributed by atoms with van der Waals surface area (Å²) in [5.41, 5.74) is 1.17. The highest BCUT2D eigenvalue weighted by molar-refractivity contribution is 7.15. The lowest BCUT2D eigenvalue weighted by Gasteiger charge is -2.04. The van der Waals surface area contributed by atoms with Gasteiger partial charge < -0.3 is 9.82 Å². The Labute approximate surface area is 95.0 Å². The third kappa shape index (κ3) is 6.08. The van der Waals surface area contributed by atoms with Crippen molar-refractivity contribution in [3.63, 3.8) is 0 Å². The van der Waals surface area contributed by atoms with Gasteiger partial charge in [-0.15, -0.1) is 0 Å². The maximum Gasteiger partial charge on any atom is 0.260 e. The number of hydrogen-bond donors (Lipinski definition) is 1. The first-order valence-corrected chi connectivity index (χ1v) is 5.49. The van der Waals surface area contributed by atoms with Gasteiger partial charge in [-0.05, 0) is 28.4 Å². The fraction of sp³-hybridized carbons (Fsp3) is 0.364. The number of carbonyl (C=O) groups is 1. The van der Waals surface area contributed by atoms with Crippen LogP contribution in [0.25, 0.3) is 0 Å². The molecule has 0 heterocycles. The molecule has 0 aliphatic rings. The summed E-state index contributed by atoms with van der Waals surface area (Å²) in [6.45, 7) is 6.05. The second-order valence-electron chi connectivity index (χ2n) is 2.67. The van der Waals surface area contributed by atoms with Crippen molar-refractivity contribution in [1.82, 2.24) is 5.09 Å². The quantitative estimate of drug-likeness (QED) is 0.809. The third-order valence-electron chi connectivity index (χ3n) is 1.55. The zero-order valence-electron chi connectivity index (χ0n) is 9.41. The van der Waals surface area contributed by atoms with Gasteiger partial charge in [0.2, 0.25) is 0 Å². The predicted octanol–water partition coefficient (Wildman–Crippen LogP) is 2.55. The first-order chi connectivity index (χ1) is 7.22. The zero-order chi connectivity index (χ0) is 11.7. The van der Waals surface area contributed by atoms with Crippen molar-refractivity contribution in [3.05, 3.63) is 29.8 Å². The number of rotatable bonds is 3. The molecule has 86 valence electrons. The molecule has 0 radical (unpaired) electrons. The van der Waals surface area contributed by atoms with Crippen molar-refractivity contribution >= 4 is 15.3 Å². The van der Waals surface area contributed by atoms with E-state index in [4.69, 9.17) is 4.74 Å². The molecule has 0 spiro atoms. The number of benzene rings is 1. The predicted molar refractivity (Wildman–Crippen MR) is 68.0 cm³/mol. The number of nitrogens with one attached hydrogen (secondary N) is 1. The lowest BCUT2D eigenvalue weighted by Crippen LogP contribution is -2.20. The first kappa shape index (κ1) is 13.9. The van der Waals surface area contributed by atoms with Crippen molar-refractivity contribution in [2.75, 3.05) is 6.61 Å². The summed E-state index contributed by atoms with van der Waals surface area (Å²) in [5.74, 6) is 0.546. The Morgan fingerprint density at radius 1 is 1.40 bits per heavy atom. The van der Waals surface area contributed by atoms with E-state index in [1.54, 1.807) is 0 Å². The smallest absolute Gasteiger partial charge is 0.260 e. The van der Waals surface area contributed by atoms with Gasteiger partial charge >= 0.3 is 0 Å². The molecule has 0 aliphatic heterocycles. The number of carbonyl (C=O) groups excluding carboxylic acids is 1. The van der Waals surface area contributed by atoms with Crippen LogP contribution >= 0.6 is 9.39 Å². The summed E-state index contributed by atoms with van der Waals surface area (Å²) < 4.78 is 5.19. The van der Waals surface area contributed by atoms with Crippen LogP contribution in [-0.4, -0.2) is 12.5 Å². The minimum Gasteiger partial charge on any atom is -0.484 e. The molecule has 1 aromatic carbocycles. The lowest BCUT2D eigenvalue weighted by molar-refractivity contribution is -0.121. The van der Waals surface area contributed by atoms with Crippen LogP contribution in [0, 0.1) is 6.92 Å². The van der Waals surface area contributed by atoms with Gasteiger partial charge in [-0.25, -0.2) is 0 Å². The maximum atomic E-state index is 10.8. The average Bonchev–Trinajstić information content (AvgIpc) is 2.30. The number of aryl methyl sites for hydroxylation is 1. The number of ether oxygens (including phenoxy) is 1. The van der Waals surface area contributed by atoms with Crippen molar-refractivity contribution in [2.45, 2.75) is 20.8 Å². The Morgan fingerprint density at radius 2 is 1.93 bits per heavy atom. The van der Waals surface area contributed by atoms with E-state index in [1.807, 2.05) is 45.0 Å². The van der Waals surface area contributed by atoms with Crippen LogP contribution < -0.4 is 9.82 Å². The second kappa shape index (κ2) is 8.25. The molecular weight excluding hydrogens is 209 g/mol. The molecule has 0 aliphatic carbocycles. The number of hydrogen-bond acceptors (Lipinski definition) is 2. The molecule has 0 bridgehead atoms. The first-order valence-electron chi connectivity index (χ1n) is 4.91. The van der Waals surface area contributed by atoms with Crippen LogP contribution in [0.1, 0.15) is 20.8 Å². The fourth-order valence-electron chi connectivity index (χ4n) is 0.825. The molecule has 1 atom stereocenters. The molecule has 15 heavy (non-hydrogen) atoms. The Balaban J connectivity index is 0. The summed E-state index contributed by atoms with van der Waals surface area (Å²) in [7, 11) is 2.13. The highest BCUT2D eigenvalue weighted by atomic mass is 31.0. The summed E-state index contributed by atoms with van der Waals surface area (Å²) in [5, 5.41) is 2.40. The minimum atomic E-state index is -0.162. The van der Waals surface area contributed by atoms with E-state index in [0.717, 1.165) is 0 Å². The monoisotopic (exact) mass is 229 g/mol. The van der Waals surface area contributed by atoms with Crippen LogP contribution in [0.2, 0.25) is 0 Å². The van der Waals surface area contributed by atoms with Crippen LogP contribution in [0.5, 0.6) is 5.75 Å². The van der Waals surface area contributed by atoms with Gasteiger partial charge in [-0.2, -0.15) is 0 Å². The second-order valence-corrected chi connectivity index (χ2v) is 2.96. The van der Waals surface area contributed by atoms with Crippen LogP contribution in [0.4, 0.5) is 0 Å². The van der Waals surface area contributed by atoms with E-state index in [1.165, 1.54) is 5.56 Å². The molecular formula is C11H20NO2P. The van der Waals surface area contributed by atoms with Gasteiger partial charge in [0.1, 0.15) is 5.75 Å². The summed E-state index contributed by atoms with van der Waals surface area (Å²) in [6.07, 6.45) is 0. The van der Waals surface area contributed by atoms with Gasteiger partial charge in [0, 0.05) is 1.43 Å². The molecule has 0 aromatic heterocycles. The molecule has 1 N–H and O–H groups in total. The van der Waals surface area contributed by atoms with E-state index in [9.17, 15) is 4.79 Å². The van der Waals surface area contributed by atoms with Crippen LogP contribution in [-0.2, 0) is 4.79 Å². The lowest BCUT2D eigenvalue weighted by atomic mass is 10.2. The van der Waals surface area contributed by atoms with E-state index in [-0.39, 0.29) is 13.9 Å². The summed E-state index contributed by atoms with van der Waals surface area (Å²) in [4.78, 5) is 10.8. The molecule has 1 unspecified atom stereocenters. The standard InChI is InChI=1S/C9H12NO2P.C2H6.H2/c1-7-2-4-8(5-3-7)12-6-9(11)10-13;1-2;/h2-5H,6,13H2,1H3,(H,10,11);1-2H3;1H. The summed E-state index contributed by atoms with van der Waals surface area (Å²) >= 11 is 0. The fourth-order valence-corrected chi connectivity index (χ4v) is 0.908. The van der Waals surface area contributed by atoms with E-state index >= 15 is 0 Å². The molecule has 0 fully saturated rings. The molecule has 1 aromatic rings. The number of amides is 1. The zero-order valence-corrected chi connectivity index (χ0v) is 10.6. The summed E-state index contributed by atoms with van der Waals surface area (Å²) in [6, 6.07) is 7.55. The third-order valence-corrected chi connectivity index (χ3v) is 1.87.